The molecule has 0 aliphatic rings. The molecule has 0 heterocycles. The number of hydrogen-bond donors (Lipinski definition) is 4. The van der Waals surface area contributed by atoms with E-state index in [1.54, 1.807) is 0 Å². The molecular weight excluding hydrogens is 268 g/mol. The van der Waals surface area contributed by atoms with Crippen molar-refractivity contribution < 1.29 is 25.0 Å². The molecule has 0 radical (unpaired) electrons. The largest absolute Gasteiger partial charge is 0.394 e. The third-order valence-electron chi connectivity index (χ3n) is 2.73. The van der Waals surface area contributed by atoms with Crippen molar-refractivity contribution in [2.24, 2.45) is 0 Å². The normalized spacial score (nSPS) is 15.2. The number of carbonyl (C=O) groups is 1. The molecule has 8 heteroatoms. The maximum Gasteiger partial charge on any atom is 0.269 e. The van der Waals surface area contributed by atoms with E-state index in [4.69, 9.17) is 10.2 Å². The summed E-state index contributed by atoms with van der Waals surface area (Å²) in [6.07, 6.45) is -2.52. The minimum absolute atomic E-state index is 0.130. The first-order chi connectivity index (χ1) is 9.36. The molecule has 110 valence electrons. The van der Waals surface area contributed by atoms with E-state index in [1.165, 1.54) is 31.2 Å². The van der Waals surface area contributed by atoms with Gasteiger partial charge >= 0.3 is 0 Å². The predicted octanol–water partition coefficient (Wildman–Crippen LogP) is -0.514. The van der Waals surface area contributed by atoms with E-state index >= 15 is 0 Å². The first kappa shape index (κ1) is 16.0. The topological polar surface area (TPSA) is 133 Å². The average molecular weight is 284 g/mol. The summed E-state index contributed by atoms with van der Waals surface area (Å²) < 4.78 is 0. The van der Waals surface area contributed by atoms with Crippen molar-refractivity contribution in [3.8, 4) is 0 Å². The quantitative estimate of drug-likeness (QED) is 0.410. The molecule has 0 saturated heterocycles. The summed E-state index contributed by atoms with van der Waals surface area (Å²) >= 11 is 0. The Kier molecular flexibility index (Phi) is 5.56. The maximum absolute atomic E-state index is 11.3. The number of nitrogens with one attached hydrogen (secondary N) is 1. The number of carbonyl (C=O) groups excluding carboxylic acids is 1. The van der Waals surface area contributed by atoms with Gasteiger partial charge in [-0.05, 0) is 24.6 Å². The predicted molar refractivity (Wildman–Crippen MR) is 68.8 cm³/mol. The van der Waals surface area contributed by atoms with Crippen LogP contribution in [0.15, 0.2) is 24.3 Å². The van der Waals surface area contributed by atoms with Gasteiger partial charge in [0.2, 0.25) is 5.91 Å². The number of nitro benzene ring substituents is 1. The highest BCUT2D eigenvalue weighted by Crippen LogP contribution is 2.20. The molecule has 0 unspecified atom stereocenters. The third-order valence-corrected chi connectivity index (χ3v) is 2.73. The molecule has 0 aliphatic heterocycles. The lowest BCUT2D eigenvalue weighted by atomic mass is 10.0. The Morgan fingerprint density at radius 3 is 2.30 bits per heavy atom. The highest BCUT2D eigenvalue weighted by molar-refractivity contribution is 5.80. The number of amides is 1. The summed E-state index contributed by atoms with van der Waals surface area (Å²) in [6, 6.07) is 4.07. The van der Waals surface area contributed by atoms with Gasteiger partial charge in [-0.25, -0.2) is 0 Å². The van der Waals surface area contributed by atoms with Crippen LogP contribution in [0.5, 0.6) is 0 Å². The Hall–Kier alpha value is -2.03. The van der Waals surface area contributed by atoms with Crippen molar-refractivity contribution in [3.05, 3.63) is 39.9 Å². The molecule has 1 rings (SSSR count). The number of rotatable bonds is 6. The molecule has 0 aliphatic carbocycles. The van der Waals surface area contributed by atoms with Gasteiger partial charge in [-0.3, -0.25) is 14.9 Å². The zero-order valence-electron chi connectivity index (χ0n) is 10.8. The van der Waals surface area contributed by atoms with Gasteiger partial charge in [0, 0.05) is 12.1 Å². The standard InChI is InChI=1S/C12H16N2O6/c1-7(16)12(18)13-10(6-15)11(17)8-2-4-9(5-3-8)14(19)20/h2-5,7,10-11,15-17H,6H2,1H3,(H,13,18)/t7-,10+,11+/m0/s1. The van der Waals surface area contributed by atoms with Gasteiger partial charge in [0.05, 0.1) is 17.6 Å². The minimum atomic E-state index is -1.27. The highest BCUT2D eigenvalue weighted by Gasteiger charge is 2.24. The van der Waals surface area contributed by atoms with Gasteiger partial charge < -0.3 is 20.6 Å². The molecular formula is C12H16N2O6. The van der Waals surface area contributed by atoms with Gasteiger partial charge in [-0.15, -0.1) is 0 Å². The fourth-order valence-corrected chi connectivity index (χ4v) is 1.55. The summed E-state index contributed by atoms with van der Waals surface area (Å²) in [5.41, 5.74) is 0.176. The Bertz CT molecular complexity index is 473. The zero-order chi connectivity index (χ0) is 15.3. The van der Waals surface area contributed by atoms with Gasteiger partial charge in [0.1, 0.15) is 12.2 Å². The van der Waals surface area contributed by atoms with Crippen LogP contribution in [0, 0.1) is 10.1 Å². The fraction of sp³-hybridized carbons (Fsp3) is 0.417. The lowest BCUT2D eigenvalue weighted by Gasteiger charge is -2.23. The molecule has 20 heavy (non-hydrogen) atoms. The van der Waals surface area contributed by atoms with E-state index in [2.05, 4.69) is 5.32 Å². The summed E-state index contributed by atoms with van der Waals surface area (Å²) in [5.74, 6) is -0.731. The van der Waals surface area contributed by atoms with Crippen LogP contribution in [0.2, 0.25) is 0 Å². The second-order valence-electron chi connectivity index (χ2n) is 4.27. The van der Waals surface area contributed by atoms with Gasteiger partial charge in [-0.1, -0.05) is 0 Å². The van der Waals surface area contributed by atoms with E-state index in [0.717, 1.165) is 0 Å². The number of aliphatic hydroxyl groups excluding tert-OH is 3. The monoisotopic (exact) mass is 284 g/mol. The second kappa shape index (κ2) is 6.94. The second-order valence-corrected chi connectivity index (χ2v) is 4.27. The SMILES string of the molecule is C[C@H](O)C(=O)N[C@H](CO)[C@H](O)c1ccc([N+](=O)[O-])cc1. The van der Waals surface area contributed by atoms with E-state index in [9.17, 15) is 20.0 Å². The Morgan fingerprint density at radius 1 is 1.35 bits per heavy atom. The summed E-state index contributed by atoms with van der Waals surface area (Å²) in [6.45, 7) is 0.707. The first-order valence-corrected chi connectivity index (χ1v) is 5.88. The molecule has 4 N–H and O–H groups in total. The van der Waals surface area contributed by atoms with E-state index in [0.29, 0.717) is 5.56 Å². The first-order valence-electron chi connectivity index (χ1n) is 5.88. The maximum atomic E-state index is 11.3. The van der Waals surface area contributed by atoms with Gasteiger partial charge in [-0.2, -0.15) is 0 Å². The van der Waals surface area contributed by atoms with Crippen molar-refractivity contribution >= 4 is 11.6 Å². The molecule has 0 bridgehead atoms. The van der Waals surface area contributed by atoms with Crippen LogP contribution in [-0.4, -0.2) is 44.9 Å². The molecule has 0 aromatic heterocycles. The Morgan fingerprint density at radius 2 is 1.90 bits per heavy atom. The Labute approximate surface area is 114 Å². The molecule has 8 nitrogen and oxygen atoms in total. The van der Waals surface area contributed by atoms with Crippen LogP contribution in [-0.2, 0) is 4.79 Å². The fourth-order valence-electron chi connectivity index (χ4n) is 1.55. The minimum Gasteiger partial charge on any atom is -0.394 e. The van der Waals surface area contributed by atoms with Gasteiger partial charge in [0.25, 0.3) is 5.69 Å². The summed E-state index contributed by atoms with van der Waals surface area (Å²) in [7, 11) is 0. The zero-order valence-corrected chi connectivity index (χ0v) is 10.8. The number of nitrogens with zero attached hydrogens (tertiary/aromatic N) is 1. The third kappa shape index (κ3) is 3.98. The molecule has 0 saturated carbocycles. The Balaban J connectivity index is 2.82. The lowest BCUT2D eigenvalue weighted by Crippen LogP contribution is -2.45. The van der Waals surface area contributed by atoms with E-state index in [-0.39, 0.29) is 5.69 Å². The van der Waals surface area contributed by atoms with Crippen LogP contribution in [0.25, 0.3) is 0 Å². The van der Waals surface area contributed by atoms with E-state index < -0.39 is 35.7 Å². The van der Waals surface area contributed by atoms with Crippen LogP contribution in [0.4, 0.5) is 5.69 Å². The van der Waals surface area contributed by atoms with Crippen LogP contribution < -0.4 is 5.32 Å². The molecule has 1 aromatic rings. The smallest absolute Gasteiger partial charge is 0.269 e. The van der Waals surface area contributed by atoms with Crippen molar-refractivity contribution in [1.82, 2.24) is 5.32 Å². The van der Waals surface area contributed by atoms with Crippen molar-refractivity contribution in [1.29, 1.82) is 0 Å². The highest BCUT2D eigenvalue weighted by atomic mass is 16.6. The number of aliphatic hydroxyl groups is 3. The molecule has 1 amide bonds. The van der Waals surface area contributed by atoms with Crippen LogP contribution in [0.1, 0.15) is 18.6 Å². The molecule has 0 spiro atoms. The van der Waals surface area contributed by atoms with Crippen LogP contribution >= 0.6 is 0 Å². The van der Waals surface area contributed by atoms with Crippen LogP contribution in [0.3, 0.4) is 0 Å². The molecule has 0 fully saturated rings. The van der Waals surface area contributed by atoms with Crippen molar-refractivity contribution in [2.45, 2.75) is 25.2 Å². The summed E-state index contributed by atoms with van der Waals surface area (Å²) in [5, 5.41) is 41.0. The molecule has 1 aromatic carbocycles. The molecule has 3 atom stereocenters. The van der Waals surface area contributed by atoms with Gasteiger partial charge in [0.15, 0.2) is 0 Å². The number of benzene rings is 1. The number of hydrogen-bond acceptors (Lipinski definition) is 6. The summed E-state index contributed by atoms with van der Waals surface area (Å²) in [4.78, 5) is 21.3. The lowest BCUT2D eigenvalue weighted by molar-refractivity contribution is -0.384. The number of non-ortho nitro benzene ring substituents is 1. The average Bonchev–Trinajstić information content (AvgIpc) is 2.43. The van der Waals surface area contributed by atoms with E-state index in [1.807, 2.05) is 0 Å². The van der Waals surface area contributed by atoms with Crippen molar-refractivity contribution in [3.63, 3.8) is 0 Å². The number of nitro groups is 1. The van der Waals surface area contributed by atoms with Crippen molar-refractivity contribution in [2.75, 3.05) is 6.61 Å².